The van der Waals surface area contributed by atoms with E-state index >= 15 is 0 Å². The van der Waals surface area contributed by atoms with Crippen molar-refractivity contribution in [1.29, 1.82) is 0 Å². The number of halogens is 1. The largest absolute Gasteiger partial charge is 0.406 e. The lowest BCUT2D eigenvalue weighted by Gasteiger charge is -2.19. The summed E-state index contributed by atoms with van der Waals surface area (Å²) in [6, 6.07) is 0.944. The molecule has 17 heavy (non-hydrogen) atoms. The highest BCUT2D eigenvalue weighted by Crippen LogP contribution is 2.35. The second-order valence-electron chi connectivity index (χ2n) is 4.92. The first-order chi connectivity index (χ1) is 8.11. The van der Waals surface area contributed by atoms with Crippen molar-refractivity contribution >= 4 is 17.6 Å². The zero-order valence-corrected chi connectivity index (χ0v) is 11.4. The van der Waals surface area contributed by atoms with Crippen LogP contribution in [0.3, 0.4) is 0 Å². The van der Waals surface area contributed by atoms with Crippen LogP contribution in [0, 0.1) is 11.8 Å². The van der Waals surface area contributed by atoms with Crippen LogP contribution in [0.4, 0.5) is 6.01 Å². The third kappa shape index (κ3) is 2.73. The SMILES string of the molecule is CCC1CCC(Nc2nnc(C(C)Cl)o2)C1C. The Bertz CT molecular complexity index is 366. The van der Waals surface area contributed by atoms with Crippen LogP contribution in [-0.4, -0.2) is 16.2 Å². The Kier molecular flexibility index (Phi) is 3.92. The quantitative estimate of drug-likeness (QED) is 0.838. The molecule has 0 amide bonds. The lowest BCUT2D eigenvalue weighted by atomic mass is 9.94. The van der Waals surface area contributed by atoms with Crippen molar-refractivity contribution < 1.29 is 4.42 Å². The molecular formula is C12H20ClN3O. The third-order valence-corrected chi connectivity index (χ3v) is 4.03. The zero-order valence-electron chi connectivity index (χ0n) is 10.6. The van der Waals surface area contributed by atoms with Gasteiger partial charge in [0.05, 0.1) is 0 Å². The normalized spacial score (nSPS) is 30.5. The van der Waals surface area contributed by atoms with Gasteiger partial charge in [0.2, 0.25) is 5.89 Å². The van der Waals surface area contributed by atoms with Gasteiger partial charge < -0.3 is 9.73 Å². The fraction of sp³-hybridized carbons (Fsp3) is 0.833. The van der Waals surface area contributed by atoms with E-state index in [9.17, 15) is 0 Å². The van der Waals surface area contributed by atoms with Crippen molar-refractivity contribution in [3.63, 3.8) is 0 Å². The predicted molar refractivity (Wildman–Crippen MR) is 68.2 cm³/mol. The molecule has 0 bridgehead atoms. The summed E-state index contributed by atoms with van der Waals surface area (Å²) in [6.07, 6.45) is 3.70. The predicted octanol–water partition coefficient (Wildman–Crippen LogP) is 3.61. The molecule has 1 saturated carbocycles. The van der Waals surface area contributed by atoms with Gasteiger partial charge in [0, 0.05) is 6.04 Å². The van der Waals surface area contributed by atoms with E-state index in [1.807, 2.05) is 6.92 Å². The number of alkyl halides is 1. The fourth-order valence-electron chi connectivity index (χ4n) is 2.64. The second kappa shape index (κ2) is 5.25. The molecule has 4 nitrogen and oxygen atoms in total. The van der Waals surface area contributed by atoms with Gasteiger partial charge in [-0.3, -0.25) is 0 Å². The minimum absolute atomic E-state index is 0.234. The Hall–Kier alpha value is -0.770. The Morgan fingerprint density at radius 2 is 2.24 bits per heavy atom. The number of hydrogen-bond donors (Lipinski definition) is 1. The Labute approximate surface area is 107 Å². The summed E-state index contributed by atoms with van der Waals surface area (Å²) >= 11 is 5.88. The number of nitrogens with zero attached hydrogens (tertiary/aromatic N) is 2. The minimum atomic E-state index is -0.234. The van der Waals surface area contributed by atoms with E-state index in [0.717, 1.165) is 5.92 Å². The first kappa shape index (κ1) is 12.7. The van der Waals surface area contributed by atoms with E-state index < -0.39 is 0 Å². The van der Waals surface area contributed by atoms with Crippen molar-refractivity contribution in [3.8, 4) is 0 Å². The molecule has 0 aliphatic heterocycles. The summed E-state index contributed by atoms with van der Waals surface area (Å²) in [6.45, 7) is 6.37. The van der Waals surface area contributed by atoms with E-state index in [4.69, 9.17) is 16.0 Å². The second-order valence-corrected chi connectivity index (χ2v) is 5.57. The number of rotatable bonds is 4. The van der Waals surface area contributed by atoms with E-state index in [1.165, 1.54) is 19.3 Å². The van der Waals surface area contributed by atoms with Crippen molar-refractivity contribution in [2.75, 3.05) is 5.32 Å². The Morgan fingerprint density at radius 1 is 1.47 bits per heavy atom. The molecule has 0 aromatic carbocycles. The van der Waals surface area contributed by atoms with Crippen LogP contribution in [0.1, 0.15) is 51.3 Å². The van der Waals surface area contributed by atoms with Gasteiger partial charge in [-0.25, -0.2) is 0 Å². The standard InChI is InChI=1S/C12H20ClN3O/c1-4-9-5-6-10(7(9)2)14-12-16-15-11(17-12)8(3)13/h7-10H,4-6H2,1-3H3,(H,14,16). The van der Waals surface area contributed by atoms with Crippen molar-refractivity contribution in [2.45, 2.75) is 51.5 Å². The molecule has 2 rings (SSSR count). The maximum absolute atomic E-state index is 5.88. The number of aromatic nitrogens is 2. The average molecular weight is 258 g/mol. The first-order valence-electron chi connectivity index (χ1n) is 6.35. The van der Waals surface area contributed by atoms with Crippen LogP contribution in [0.15, 0.2) is 4.42 Å². The highest BCUT2D eigenvalue weighted by molar-refractivity contribution is 6.20. The van der Waals surface area contributed by atoms with Gasteiger partial charge in [-0.1, -0.05) is 25.4 Å². The molecule has 1 aliphatic carbocycles. The van der Waals surface area contributed by atoms with Gasteiger partial charge in [0.25, 0.3) is 0 Å². The molecular weight excluding hydrogens is 238 g/mol. The van der Waals surface area contributed by atoms with Crippen molar-refractivity contribution in [2.24, 2.45) is 11.8 Å². The minimum Gasteiger partial charge on any atom is -0.406 e. The van der Waals surface area contributed by atoms with Crippen LogP contribution in [-0.2, 0) is 0 Å². The third-order valence-electron chi connectivity index (χ3n) is 3.84. The van der Waals surface area contributed by atoms with Crippen LogP contribution >= 0.6 is 11.6 Å². The molecule has 1 aromatic rings. The monoisotopic (exact) mass is 257 g/mol. The molecule has 4 atom stereocenters. The van der Waals surface area contributed by atoms with Gasteiger partial charge in [0.15, 0.2) is 0 Å². The fourth-order valence-corrected chi connectivity index (χ4v) is 2.73. The lowest BCUT2D eigenvalue weighted by molar-refractivity contribution is 0.386. The molecule has 1 fully saturated rings. The van der Waals surface area contributed by atoms with E-state index in [1.54, 1.807) is 0 Å². The van der Waals surface area contributed by atoms with Gasteiger partial charge in [-0.05, 0) is 31.6 Å². The summed E-state index contributed by atoms with van der Waals surface area (Å²) in [4.78, 5) is 0. The van der Waals surface area contributed by atoms with Gasteiger partial charge >= 0.3 is 6.01 Å². The molecule has 5 heteroatoms. The van der Waals surface area contributed by atoms with Crippen LogP contribution in [0.5, 0.6) is 0 Å². The number of nitrogens with one attached hydrogen (secondary N) is 1. The Balaban J connectivity index is 1.97. The van der Waals surface area contributed by atoms with Gasteiger partial charge in [0.1, 0.15) is 5.38 Å². The average Bonchev–Trinajstić information content (AvgIpc) is 2.88. The zero-order chi connectivity index (χ0) is 12.4. The smallest absolute Gasteiger partial charge is 0.315 e. The summed E-state index contributed by atoms with van der Waals surface area (Å²) in [5.41, 5.74) is 0. The number of anilines is 1. The molecule has 1 aliphatic rings. The molecule has 1 aromatic heterocycles. The lowest BCUT2D eigenvalue weighted by Crippen LogP contribution is -2.24. The van der Waals surface area contributed by atoms with E-state index in [2.05, 4.69) is 29.4 Å². The molecule has 96 valence electrons. The topological polar surface area (TPSA) is 51.0 Å². The van der Waals surface area contributed by atoms with Crippen LogP contribution in [0.2, 0.25) is 0 Å². The molecule has 1 N–H and O–H groups in total. The maximum Gasteiger partial charge on any atom is 0.315 e. The molecule has 0 saturated heterocycles. The van der Waals surface area contributed by atoms with Crippen molar-refractivity contribution in [3.05, 3.63) is 5.89 Å². The number of hydrogen-bond acceptors (Lipinski definition) is 4. The highest BCUT2D eigenvalue weighted by atomic mass is 35.5. The first-order valence-corrected chi connectivity index (χ1v) is 6.79. The maximum atomic E-state index is 5.88. The molecule has 1 heterocycles. The van der Waals surface area contributed by atoms with E-state index in [0.29, 0.717) is 23.9 Å². The molecule has 4 unspecified atom stereocenters. The van der Waals surface area contributed by atoms with Crippen LogP contribution < -0.4 is 5.32 Å². The van der Waals surface area contributed by atoms with Crippen LogP contribution in [0.25, 0.3) is 0 Å². The van der Waals surface area contributed by atoms with Crippen molar-refractivity contribution in [1.82, 2.24) is 10.2 Å². The Morgan fingerprint density at radius 3 is 2.76 bits per heavy atom. The summed E-state index contributed by atoms with van der Waals surface area (Å²) in [5, 5.41) is 11.0. The summed E-state index contributed by atoms with van der Waals surface area (Å²) in [7, 11) is 0. The van der Waals surface area contributed by atoms with Gasteiger partial charge in [-0.15, -0.1) is 16.7 Å². The summed E-state index contributed by atoms with van der Waals surface area (Å²) < 4.78 is 5.46. The molecule has 0 spiro atoms. The molecule has 0 radical (unpaired) electrons. The summed E-state index contributed by atoms with van der Waals surface area (Å²) in [5.74, 6) is 1.94. The van der Waals surface area contributed by atoms with E-state index in [-0.39, 0.29) is 5.38 Å². The highest BCUT2D eigenvalue weighted by Gasteiger charge is 2.32. The van der Waals surface area contributed by atoms with Gasteiger partial charge in [-0.2, -0.15) is 0 Å².